The normalized spacial score (nSPS) is 10.1. The topological polar surface area (TPSA) is 73.1 Å². The van der Waals surface area contributed by atoms with E-state index in [0.29, 0.717) is 24.2 Å². The van der Waals surface area contributed by atoms with Crippen molar-refractivity contribution in [2.24, 2.45) is 0 Å². The minimum absolute atomic E-state index is 0.328. The van der Waals surface area contributed by atoms with Crippen LogP contribution in [0.2, 0.25) is 0 Å². The highest BCUT2D eigenvalue weighted by molar-refractivity contribution is 5.87. The van der Waals surface area contributed by atoms with Crippen LogP contribution in [0.25, 0.3) is 0 Å². The van der Waals surface area contributed by atoms with Gasteiger partial charge in [0.2, 0.25) is 0 Å². The van der Waals surface area contributed by atoms with Gasteiger partial charge in [-0.15, -0.1) is 0 Å². The molecule has 0 aromatic heterocycles. The van der Waals surface area contributed by atoms with Crippen LogP contribution in [0, 0.1) is 17.1 Å². The molecule has 0 fully saturated rings. The van der Waals surface area contributed by atoms with Crippen molar-refractivity contribution >= 4 is 5.97 Å². The van der Waals surface area contributed by atoms with Crippen LogP contribution in [0.5, 0.6) is 0 Å². The van der Waals surface area contributed by atoms with Crippen molar-refractivity contribution in [3.63, 3.8) is 0 Å². The summed E-state index contributed by atoms with van der Waals surface area (Å²) in [6.07, 6.45) is 0. The van der Waals surface area contributed by atoms with Gasteiger partial charge in [0.05, 0.1) is 17.2 Å². The number of nitrogens with zero attached hydrogens (tertiary/aromatic N) is 1. The quantitative estimate of drug-likeness (QED) is 0.885. The number of nitriles is 1. The number of carboxylic acid groups (broad SMARTS) is 1. The summed E-state index contributed by atoms with van der Waals surface area (Å²) in [7, 11) is 0. The summed E-state index contributed by atoms with van der Waals surface area (Å²) in [5.74, 6) is -2.01. The smallest absolute Gasteiger partial charge is 0.338 e. The Kier molecular flexibility index (Phi) is 4.64. The third-order valence-electron chi connectivity index (χ3n) is 3.01. The summed E-state index contributed by atoms with van der Waals surface area (Å²) in [6.45, 7) is 1.00. The maximum Gasteiger partial charge on any atom is 0.338 e. The van der Waals surface area contributed by atoms with Crippen LogP contribution < -0.4 is 5.32 Å². The molecule has 0 bridgehead atoms. The number of halogens is 1. The minimum Gasteiger partial charge on any atom is -0.478 e. The molecule has 0 amide bonds. The molecule has 5 heteroatoms. The van der Waals surface area contributed by atoms with Gasteiger partial charge in [-0.3, -0.25) is 0 Å². The molecule has 0 aliphatic heterocycles. The molecule has 0 aliphatic rings. The number of rotatable bonds is 5. The van der Waals surface area contributed by atoms with Gasteiger partial charge in [0.15, 0.2) is 0 Å². The maximum absolute atomic E-state index is 13.5. The number of carbonyl (C=O) groups is 1. The molecule has 0 heterocycles. The molecule has 0 radical (unpaired) electrons. The first-order valence-electron chi connectivity index (χ1n) is 6.31. The van der Waals surface area contributed by atoms with E-state index in [2.05, 4.69) is 5.32 Å². The molecule has 2 aromatic rings. The predicted molar refractivity (Wildman–Crippen MR) is 75.1 cm³/mol. The Morgan fingerprint density at radius 3 is 2.33 bits per heavy atom. The second-order valence-corrected chi connectivity index (χ2v) is 4.53. The standard InChI is InChI=1S/C16H13FN2O2/c17-15-7-13(5-6-14(15)16(20)21)10-19-9-12-3-1-11(8-18)2-4-12/h1-7,19H,9-10H2,(H,20,21). The lowest BCUT2D eigenvalue weighted by molar-refractivity contribution is 0.0692. The number of benzene rings is 2. The molecule has 106 valence electrons. The highest BCUT2D eigenvalue weighted by Gasteiger charge is 2.09. The molecule has 0 atom stereocenters. The fraction of sp³-hybridized carbons (Fsp3) is 0.125. The van der Waals surface area contributed by atoms with E-state index in [1.54, 1.807) is 18.2 Å². The summed E-state index contributed by atoms with van der Waals surface area (Å²) in [5.41, 5.74) is 1.96. The molecule has 4 nitrogen and oxygen atoms in total. The van der Waals surface area contributed by atoms with Gasteiger partial charge in [0, 0.05) is 13.1 Å². The Morgan fingerprint density at radius 2 is 1.76 bits per heavy atom. The van der Waals surface area contributed by atoms with Crippen LogP contribution >= 0.6 is 0 Å². The van der Waals surface area contributed by atoms with Crippen LogP contribution in [0.1, 0.15) is 27.0 Å². The van der Waals surface area contributed by atoms with Gasteiger partial charge in [-0.2, -0.15) is 5.26 Å². The predicted octanol–water partition coefficient (Wildman–Crippen LogP) is 2.69. The van der Waals surface area contributed by atoms with E-state index >= 15 is 0 Å². The molecule has 0 spiro atoms. The zero-order valence-corrected chi connectivity index (χ0v) is 11.1. The van der Waals surface area contributed by atoms with Gasteiger partial charge in [-0.1, -0.05) is 18.2 Å². The molecular weight excluding hydrogens is 271 g/mol. The summed E-state index contributed by atoms with van der Waals surface area (Å²) in [5, 5.41) is 20.6. The van der Waals surface area contributed by atoms with Crippen molar-refractivity contribution in [1.29, 1.82) is 5.26 Å². The Hall–Kier alpha value is -2.71. The lowest BCUT2D eigenvalue weighted by Gasteiger charge is -2.06. The number of aromatic carboxylic acids is 1. The second-order valence-electron chi connectivity index (χ2n) is 4.53. The van der Waals surface area contributed by atoms with Crippen LogP contribution in [-0.2, 0) is 13.1 Å². The summed E-state index contributed by atoms with van der Waals surface area (Å²) < 4.78 is 13.5. The van der Waals surface area contributed by atoms with Gasteiger partial charge < -0.3 is 10.4 Å². The lowest BCUT2D eigenvalue weighted by atomic mass is 10.1. The molecule has 2 N–H and O–H groups in total. The highest BCUT2D eigenvalue weighted by Crippen LogP contribution is 2.11. The molecule has 21 heavy (non-hydrogen) atoms. The van der Waals surface area contributed by atoms with Crippen molar-refractivity contribution in [2.45, 2.75) is 13.1 Å². The molecule has 2 rings (SSSR count). The average Bonchev–Trinajstić information content (AvgIpc) is 2.47. The second kappa shape index (κ2) is 6.64. The molecule has 0 saturated carbocycles. The van der Waals surface area contributed by atoms with E-state index in [9.17, 15) is 9.18 Å². The zero-order valence-electron chi connectivity index (χ0n) is 11.1. The first-order valence-corrected chi connectivity index (χ1v) is 6.31. The SMILES string of the molecule is N#Cc1ccc(CNCc2ccc(C(=O)O)c(F)c2)cc1. The Morgan fingerprint density at radius 1 is 1.14 bits per heavy atom. The van der Waals surface area contributed by atoms with Crippen molar-refractivity contribution in [2.75, 3.05) is 0 Å². The Labute approximate surface area is 121 Å². The lowest BCUT2D eigenvalue weighted by Crippen LogP contribution is -2.13. The third-order valence-corrected chi connectivity index (χ3v) is 3.01. The van der Waals surface area contributed by atoms with E-state index in [-0.39, 0.29) is 5.56 Å². The van der Waals surface area contributed by atoms with Crippen molar-refractivity contribution in [3.05, 3.63) is 70.5 Å². The van der Waals surface area contributed by atoms with Gasteiger partial charge in [-0.05, 0) is 35.4 Å². The number of hydrogen-bond donors (Lipinski definition) is 2. The van der Waals surface area contributed by atoms with Gasteiger partial charge in [-0.25, -0.2) is 9.18 Å². The number of nitrogens with one attached hydrogen (secondary N) is 1. The van der Waals surface area contributed by atoms with Crippen molar-refractivity contribution < 1.29 is 14.3 Å². The van der Waals surface area contributed by atoms with E-state index in [0.717, 1.165) is 5.56 Å². The van der Waals surface area contributed by atoms with E-state index in [4.69, 9.17) is 10.4 Å². The average molecular weight is 284 g/mol. The molecule has 0 aliphatic carbocycles. The van der Waals surface area contributed by atoms with Crippen molar-refractivity contribution in [3.8, 4) is 6.07 Å². The molecule has 0 saturated heterocycles. The fourth-order valence-corrected chi connectivity index (χ4v) is 1.89. The number of hydrogen-bond acceptors (Lipinski definition) is 3. The van der Waals surface area contributed by atoms with Crippen LogP contribution in [0.4, 0.5) is 4.39 Å². The molecular formula is C16H13FN2O2. The first kappa shape index (κ1) is 14.7. The summed E-state index contributed by atoms with van der Waals surface area (Å²) >= 11 is 0. The first-order chi connectivity index (χ1) is 10.1. The van der Waals surface area contributed by atoms with E-state index in [1.807, 2.05) is 18.2 Å². The minimum atomic E-state index is -1.27. The third kappa shape index (κ3) is 3.88. The van der Waals surface area contributed by atoms with Gasteiger partial charge in [0.1, 0.15) is 5.82 Å². The monoisotopic (exact) mass is 284 g/mol. The van der Waals surface area contributed by atoms with Crippen LogP contribution in [0.15, 0.2) is 42.5 Å². The Balaban J connectivity index is 1.92. The number of carboxylic acids is 1. The maximum atomic E-state index is 13.5. The van der Waals surface area contributed by atoms with Gasteiger partial charge >= 0.3 is 5.97 Å². The zero-order chi connectivity index (χ0) is 15.2. The summed E-state index contributed by atoms with van der Waals surface area (Å²) in [6, 6.07) is 13.3. The molecule has 2 aromatic carbocycles. The summed E-state index contributed by atoms with van der Waals surface area (Å²) in [4.78, 5) is 10.7. The Bertz CT molecular complexity index is 690. The van der Waals surface area contributed by atoms with E-state index < -0.39 is 11.8 Å². The van der Waals surface area contributed by atoms with Gasteiger partial charge in [0.25, 0.3) is 0 Å². The fourth-order valence-electron chi connectivity index (χ4n) is 1.89. The van der Waals surface area contributed by atoms with Crippen molar-refractivity contribution in [1.82, 2.24) is 5.32 Å². The van der Waals surface area contributed by atoms with Crippen LogP contribution in [-0.4, -0.2) is 11.1 Å². The highest BCUT2D eigenvalue weighted by atomic mass is 19.1. The van der Waals surface area contributed by atoms with Crippen LogP contribution in [0.3, 0.4) is 0 Å². The van der Waals surface area contributed by atoms with E-state index in [1.165, 1.54) is 12.1 Å². The largest absolute Gasteiger partial charge is 0.478 e. The molecule has 0 unspecified atom stereocenters.